The van der Waals surface area contributed by atoms with E-state index in [1.165, 1.54) is 29.6 Å². The molecule has 0 saturated heterocycles. The summed E-state index contributed by atoms with van der Waals surface area (Å²) in [6, 6.07) is 3.22. The zero-order valence-electron chi connectivity index (χ0n) is 15.4. The molecule has 0 saturated carbocycles. The first-order valence-corrected chi connectivity index (χ1v) is 10.1. The Bertz CT molecular complexity index is 1040. The molecule has 154 valence electrons. The average molecular weight is 443 g/mol. The highest BCUT2D eigenvalue weighted by molar-refractivity contribution is 7.15. The minimum Gasteiger partial charge on any atom is -0.383 e. The second-order valence-electron chi connectivity index (χ2n) is 6.20. The Hall–Kier alpha value is -2.52. The van der Waals surface area contributed by atoms with Gasteiger partial charge in [-0.05, 0) is 30.7 Å². The maximum absolute atomic E-state index is 13.1. The van der Waals surface area contributed by atoms with Gasteiger partial charge in [-0.15, -0.1) is 11.3 Å². The number of fused-ring (bicyclic) bond motifs is 1. The van der Waals surface area contributed by atoms with Gasteiger partial charge >= 0.3 is 6.18 Å². The molecule has 0 fully saturated rings. The number of carbonyl (C=O) groups is 1. The van der Waals surface area contributed by atoms with Gasteiger partial charge < -0.3 is 10.6 Å². The number of aromatic nitrogens is 2. The van der Waals surface area contributed by atoms with Crippen LogP contribution in [0.1, 0.15) is 31.0 Å². The van der Waals surface area contributed by atoms with E-state index in [1.807, 2.05) is 12.3 Å². The number of unbranched alkanes of at least 4 members (excludes halogenated alkanes) is 1. The van der Waals surface area contributed by atoms with Gasteiger partial charge in [0.1, 0.15) is 0 Å². The lowest BCUT2D eigenvalue weighted by Crippen LogP contribution is -2.13. The molecule has 29 heavy (non-hydrogen) atoms. The van der Waals surface area contributed by atoms with Crippen LogP contribution in [-0.4, -0.2) is 21.8 Å². The SMILES string of the molecule is CCCCNc1ccc(C(F)(F)F)cc1NC(=O)C=Cc1c(Cl)nc2sccn12. The number of alkyl halides is 3. The number of amides is 1. The predicted octanol–water partition coefficient (Wildman–Crippen LogP) is 5.93. The molecule has 0 aliphatic rings. The molecule has 3 aromatic rings. The second-order valence-corrected chi connectivity index (χ2v) is 7.44. The molecule has 1 aromatic carbocycles. The number of rotatable bonds is 7. The molecule has 0 aliphatic carbocycles. The van der Waals surface area contributed by atoms with E-state index in [0.29, 0.717) is 22.9 Å². The number of nitrogens with zero attached hydrogens (tertiary/aromatic N) is 2. The van der Waals surface area contributed by atoms with Gasteiger partial charge in [0.25, 0.3) is 0 Å². The number of benzene rings is 1. The average Bonchev–Trinajstić information content (AvgIpc) is 3.21. The number of anilines is 2. The summed E-state index contributed by atoms with van der Waals surface area (Å²) in [7, 11) is 0. The smallest absolute Gasteiger partial charge is 0.383 e. The van der Waals surface area contributed by atoms with Gasteiger partial charge in [0.15, 0.2) is 10.1 Å². The van der Waals surface area contributed by atoms with Gasteiger partial charge in [0.05, 0.1) is 22.6 Å². The van der Waals surface area contributed by atoms with Gasteiger partial charge in [0.2, 0.25) is 5.91 Å². The summed E-state index contributed by atoms with van der Waals surface area (Å²) in [6.07, 6.45) is 1.73. The van der Waals surface area contributed by atoms with Crippen molar-refractivity contribution in [1.82, 2.24) is 9.38 Å². The lowest BCUT2D eigenvalue weighted by Gasteiger charge is -2.15. The van der Waals surface area contributed by atoms with Crippen molar-refractivity contribution in [1.29, 1.82) is 0 Å². The van der Waals surface area contributed by atoms with Crippen LogP contribution in [0, 0.1) is 0 Å². The van der Waals surface area contributed by atoms with Crippen molar-refractivity contribution in [2.45, 2.75) is 25.9 Å². The first-order valence-electron chi connectivity index (χ1n) is 8.85. The van der Waals surface area contributed by atoms with Gasteiger partial charge in [-0.2, -0.15) is 13.2 Å². The van der Waals surface area contributed by atoms with Crippen LogP contribution in [0.25, 0.3) is 11.0 Å². The summed E-state index contributed by atoms with van der Waals surface area (Å²) in [6.45, 7) is 2.59. The second kappa shape index (κ2) is 8.87. The fraction of sp³-hybridized carbons (Fsp3) is 0.263. The van der Waals surface area contributed by atoms with E-state index in [2.05, 4.69) is 15.6 Å². The van der Waals surface area contributed by atoms with E-state index in [-0.39, 0.29) is 10.8 Å². The Kier molecular flexibility index (Phi) is 6.49. The summed E-state index contributed by atoms with van der Waals surface area (Å²) in [4.78, 5) is 17.2. The first kappa shape index (κ1) is 21.2. The normalized spacial score (nSPS) is 12.0. The number of hydrogen-bond donors (Lipinski definition) is 2. The number of thiazole rings is 1. The molecule has 5 nitrogen and oxygen atoms in total. The van der Waals surface area contributed by atoms with Crippen LogP contribution in [0.5, 0.6) is 0 Å². The highest BCUT2D eigenvalue weighted by Crippen LogP contribution is 2.34. The van der Waals surface area contributed by atoms with Crippen molar-refractivity contribution >= 4 is 51.3 Å². The maximum atomic E-state index is 13.1. The van der Waals surface area contributed by atoms with E-state index < -0.39 is 17.6 Å². The van der Waals surface area contributed by atoms with Crippen LogP contribution in [0.2, 0.25) is 5.15 Å². The van der Waals surface area contributed by atoms with Crippen LogP contribution in [0.3, 0.4) is 0 Å². The molecular formula is C19H18ClF3N4OS. The van der Waals surface area contributed by atoms with Crippen molar-refractivity contribution < 1.29 is 18.0 Å². The van der Waals surface area contributed by atoms with Crippen LogP contribution in [-0.2, 0) is 11.0 Å². The minimum absolute atomic E-state index is 0.0608. The van der Waals surface area contributed by atoms with E-state index in [9.17, 15) is 18.0 Å². The fourth-order valence-electron chi connectivity index (χ4n) is 2.63. The molecule has 10 heteroatoms. The van der Waals surface area contributed by atoms with Gasteiger partial charge in [0, 0.05) is 24.2 Å². The van der Waals surface area contributed by atoms with Crippen LogP contribution >= 0.6 is 22.9 Å². The molecule has 0 atom stereocenters. The summed E-state index contributed by atoms with van der Waals surface area (Å²) >= 11 is 7.47. The quantitative estimate of drug-likeness (QED) is 0.352. The zero-order valence-corrected chi connectivity index (χ0v) is 17.0. The molecule has 0 unspecified atom stereocenters. The largest absolute Gasteiger partial charge is 0.416 e. The summed E-state index contributed by atoms with van der Waals surface area (Å²) < 4.78 is 40.9. The van der Waals surface area contributed by atoms with Crippen molar-refractivity contribution in [3.63, 3.8) is 0 Å². The Morgan fingerprint density at radius 1 is 1.34 bits per heavy atom. The van der Waals surface area contributed by atoms with E-state index in [1.54, 1.807) is 10.6 Å². The number of hydrogen-bond acceptors (Lipinski definition) is 4. The number of nitrogens with one attached hydrogen (secondary N) is 2. The summed E-state index contributed by atoms with van der Waals surface area (Å²) in [5.74, 6) is -0.580. The van der Waals surface area contributed by atoms with Crippen LogP contribution in [0.4, 0.5) is 24.5 Å². The third kappa shape index (κ3) is 5.10. The van der Waals surface area contributed by atoms with Crippen molar-refractivity contribution in [3.8, 4) is 0 Å². The molecule has 0 radical (unpaired) electrons. The molecule has 0 bridgehead atoms. The molecule has 2 N–H and O–H groups in total. The highest BCUT2D eigenvalue weighted by Gasteiger charge is 2.31. The van der Waals surface area contributed by atoms with E-state index >= 15 is 0 Å². The monoisotopic (exact) mass is 442 g/mol. The van der Waals surface area contributed by atoms with Gasteiger partial charge in [-0.1, -0.05) is 24.9 Å². The zero-order chi connectivity index (χ0) is 21.0. The standard InChI is InChI=1S/C19H18ClF3N4OS/c1-2-3-8-24-13-5-4-12(19(21,22)23)11-14(13)25-16(28)7-6-15-17(20)26-18-27(15)9-10-29-18/h4-7,9-11,24H,2-3,8H2,1H3,(H,25,28). The number of carbonyl (C=O) groups excluding carboxylic acids is 1. The fourth-order valence-corrected chi connectivity index (χ4v) is 3.64. The summed E-state index contributed by atoms with van der Waals surface area (Å²) in [5.41, 5.74) is 0.168. The molecule has 1 amide bonds. The number of imidazole rings is 1. The molecular weight excluding hydrogens is 425 g/mol. The third-order valence-corrected chi connectivity index (χ3v) is 5.13. The summed E-state index contributed by atoms with van der Waals surface area (Å²) in [5, 5.41) is 7.64. The molecule has 3 rings (SSSR count). The van der Waals surface area contributed by atoms with Gasteiger partial charge in [-0.25, -0.2) is 4.98 Å². The van der Waals surface area contributed by atoms with Crippen LogP contribution in [0.15, 0.2) is 35.9 Å². The van der Waals surface area contributed by atoms with E-state index in [4.69, 9.17) is 11.6 Å². The van der Waals surface area contributed by atoms with E-state index in [0.717, 1.165) is 25.0 Å². The maximum Gasteiger partial charge on any atom is 0.416 e. The van der Waals surface area contributed by atoms with Gasteiger partial charge in [-0.3, -0.25) is 9.20 Å². The Balaban J connectivity index is 1.81. The molecule has 2 aromatic heterocycles. The minimum atomic E-state index is -4.51. The van der Waals surface area contributed by atoms with Crippen LogP contribution < -0.4 is 10.6 Å². The Morgan fingerprint density at radius 3 is 2.86 bits per heavy atom. The lowest BCUT2D eigenvalue weighted by molar-refractivity contribution is -0.137. The Morgan fingerprint density at radius 2 is 2.14 bits per heavy atom. The molecule has 0 aliphatic heterocycles. The third-order valence-electron chi connectivity index (χ3n) is 4.10. The lowest BCUT2D eigenvalue weighted by atomic mass is 10.1. The Labute approximate surface area is 174 Å². The van der Waals surface area contributed by atoms with Crippen molar-refractivity contribution in [3.05, 3.63) is 52.3 Å². The van der Waals surface area contributed by atoms with Crippen molar-refractivity contribution in [2.75, 3.05) is 17.2 Å². The predicted molar refractivity (Wildman–Crippen MR) is 111 cm³/mol. The topological polar surface area (TPSA) is 58.4 Å². The first-order chi connectivity index (χ1) is 13.8. The highest BCUT2D eigenvalue weighted by atomic mass is 35.5. The molecule has 0 spiro atoms. The van der Waals surface area contributed by atoms with Crippen molar-refractivity contribution in [2.24, 2.45) is 0 Å². The molecule has 2 heterocycles. The number of halogens is 4.